The summed E-state index contributed by atoms with van der Waals surface area (Å²) in [5, 5.41) is 0. The average molecular weight is 334 g/mol. The molecule has 2 aromatic rings. The summed E-state index contributed by atoms with van der Waals surface area (Å²) in [5.74, 6) is 0.555. The van der Waals surface area contributed by atoms with E-state index in [0.29, 0.717) is 5.92 Å². The van der Waals surface area contributed by atoms with Crippen LogP contribution in [-0.4, -0.2) is 32.1 Å². The lowest BCUT2D eigenvalue weighted by molar-refractivity contribution is 0.0687. The number of benzene rings is 2. The highest BCUT2D eigenvalue weighted by Gasteiger charge is 2.15. The minimum Gasteiger partial charge on any atom is -0.367 e. The Morgan fingerprint density at radius 2 is 1.35 bits per heavy atom. The molecule has 0 aliphatic rings. The molecule has 0 fully saturated rings. The Bertz CT molecular complexity index is 552. The van der Waals surface area contributed by atoms with Gasteiger partial charge in [-0.1, -0.05) is 68.4 Å². The molecule has 3 heteroatoms. The van der Waals surface area contributed by atoms with Crippen molar-refractivity contribution in [3.8, 4) is 0 Å². The number of hydrogen-bond acceptors (Lipinski definition) is 2. The largest absolute Gasteiger partial charge is 0.367 e. The number of hydrogen-bond donors (Lipinski definition) is 0. The highest BCUT2D eigenvalue weighted by molar-refractivity contribution is 5.85. The van der Waals surface area contributed by atoms with Crippen LogP contribution >= 0.6 is 12.4 Å². The number of nitrogens with zero attached hydrogens (tertiary/aromatic N) is 1. The molecule has 2 aromatic carbocycles. The van der Waals surface area contributed by atoms with Gasteiger partial charge >= 0.3 is 0 Å². The Morgan fingerprint density at radius 1 is 0.826 bits per heavy atom. The predicted octanol–water partition coefficient (Wildman–Crippen LogP) is 4.90. The second kappa shape index (κ2) is 9.71. The first-order valence-electron chi connectivity index (χ1n) is 7.99. The first-order chi connectivity index (χ1) is 10.6. The lowest BCUT2D eigenvalue weighted by atomic mass is 9.97. The molecule has 0 saturated heterocycles. The fourth-order valence-corrected chi connectivity index (χ4v) is 2.42. The third kappa shape index (κ3) is 5.98. The molecule has 1 unspecified atom stereocenters. The van der Waals surface area contributed by atoms with Gasteiger partial charge in [-0.25, -0.2) is 0 Å². The normalized spacial score (nSPS) is 12.3. The maximum Gasteiger partial charge on any atom is 0.108 e. The molecule has 1 atom stereocenters. The molecule has 0 N–H and O–H groups in total. The summed E-state index contributed by atoms with van der Waals surface area (Å²) >= 11 is 0. The monoisotopic (exact) mass is 333 g/mol. The van der Waals surface area contributed by atoms with E-state index in [2.05, 4.69) is 81.4 Å². The van der Waals surface area contributed by atoms with Crippen molar-refractivity contribution in [1.29, 1.82) is 0 Å². The van der Waals surface area contributed by atoms with E-state index >= 15 is 0 Å². The summed E-state index contributed by atoms with van der Waals surface area (Å²) in [6.07, 6.45) is 0.00219. The molecule has 2 rings (SSSR count). The van der Waals surface area contributed by atoms with Crippen molar-refractivity contribution in [3.63, 3.8) is 0 Å². The molecular weight excluding hydrogens is 306 g/mol. The van der Waals surface area contributed by atoms with Crippen LogP contribution in [0.4, 0.5) is 0 Å². The minimum atomic E-state index is 0. The van der Waals surface area contributed by atoms with Gasteiger partial charge in [-0.2, -0.15) is 0 Å². The van der Waals surface area contributed by atoms with Gasteiger partial charge in [-0.3, -0.25) is 0 Å². The zero-order chi connectivity index (χ0) is 15.9. The number of ether oxygens (including phenoxy) is 1. The molecule has 0 radical (unpaired) electrons. The fraction of sp³-hybridized carbons (Fsp3) is 0.400. The maximum absolute atomic E-state index is 6.18. The van der Waals surface area contributed by atoms with E-state index in [0.717, 1.165) is 13.2 Å². The molecule has 126 valence electrons. The van der Waals surface area contributed by atoms with E-state index in [1.165, 1.54) is 16.7 Å². The van der Waals surface area contributed by atoms with E-state index < -0.39 is 0 Å². The van der Waals surface area contributed by atoms with E-state index in [9.17, 15) is 0 Å². The van der Waals surface area contributed by atoms with Crippen LogP contribution in [0.5, 0.6) is 0 Å². The van der Waals surface area contributed by atoms with E-state index in [-0.39, 0.29) is 18.5 Å². The Kier molecular flexibility index (Phi) is 8.32. The van der Waals surface area contributed by atoms with Gasteiger partial charge in [0.25, 0.3) is 0 Å². The molecule has 0 aliphatic heterocycles. The lowest BCUT2D eigenvalue weighted by Gasteiger charge is -2.21. The zero-order valence-corrected chi connectivity index (χ0v) is 15.3. The molecule has 0 aromatic heterocycles. The summed E-state index contributed by atoms with van der Waals surface area (Å²) in [7, 11) is 4.14. The van der Waals surface area contributed by atoms with Crippen LogP contribution in [0.2, 0.25) is 0 Å². The van der Waals surface area contributed by atoms with Crippen LogP contribution in [-0.2, 0) is 4.74 Å². The summed E-state index contributed by atoms with van der Waals surface area (Å²) in [6.45, 7) is 6.08. The van der Waals surface area contributed by atoms with Crippen LogP contribution < -0.4 is 0 Å². The van der Waals surface area contributed by atoms with E-state index in [1.807, 2.05) is 6.07 Å². The quantitative estimate of drug-likeness (QED) is 0.714. The van der Waals surface area contributed by atoms with Crippen LogP contribution in [0.25, 0.3) is 0 Å². The predicted molar refractivity (Wildman–Crippen MR) is 101 cm³/mol. The topological polar surface area (TPSA) is 12.5 Å². The Balaban J connectivity index is 0.00000264. The second-order valence-electron chi connectivity index (χ2n) is 6.29. The second-order valence-corrected chi connectivity index (χ2v) is 6.29. The minimum absolute atomic E-state index is 0. The van der Waals surface area contributed by atoms with Crippen molar-refractivity contribution in [2.45, 2.75) is 25.9 Å². The standard InChI is InChI=1S/C20H27NO.ClH/c1-16(2)17-10-12-19(13-11-17)20(22-15-14-21(3)4)18-8-6-5-7-9-18;/h5-13,16,20H,14-15H2,1-4H3;1H. The Labute approximate surface area is 146 Å². The highest BCUT2D eigenvalue weighted by Crippen LogP contribution is 2.27. The van der Waals surface area contributed by atoms with Gasteiger partial charge in [0.05, 0.1) is 6.61 Å². The Morgan fingerprint density at radius 3 is 1.87 bits per heavy atom. The molecule has 0 heterocycles. The number of halogens is 1. The van der Waals surface area contributed by atoms with Crippen molar-refractivity contribution in [1.82, 2.24) is 4.90 Å². The van der Waals surface area contributed by atoms with Crippen molar-refractivity contribution < 1.29 is 4.74 Å². The first kappa shape index (κ1) is 19.7. The van der Waals surface area contributed by atoms with Crippen molar-refractivity contribution in [2.24, 2.45) is 0 Å². The molecule has 0 amide bonds. The molecule has 0 saturated carbocycles. The van der Waals surface area contributed by atoms with Crippen LogP contribution in [0.1, 0.15) is 42.6 Å². The van der Waals surface area contributed by atoms with Gasteiger partial charge in [0, 0.05) is 6.54 Å². The summed E-state index contributed by atoms with van der Waals surface area (Å²) < 4.78 is 6.18. The van der Waals surface area contributed by atoms with Crippen LogP contribution in [0, 0.1) is 0 Å². The van der Waals surface area contributed by atoms with Crippen LogP contribution in [0.3, 0.4) is 0 Å². The summed E-state index contributed by atoms with van der Waals surface area (Å²) in [4.78, 5) is 2.14. The molecule has 0 spiro atoms. The van der Waals surface area contributed by atoms with Gasteiger partial charge in [-0.05, 0) is 36.7 Å². The maximum atomic E-state index is 6.18. The molecule has 23 heavy (non-hydrogen) atoms. The average Bonchev–Trinajstić information content (AvgIpc) is 2.52. The number of rotatable bonds is 7. The molecular formula is C20H28ClNO. The third-order valence-corrected chi connectivity index (χ3v) is 3.83. The van der Waals surface area contributed by atoms with E-state index in [1.54, 1.807) is 0 Å². The van der Waals surface area contributed by atoms with E-state index in [4.69, 9.17) is 4.74 Å². The lowest BCUT2D eigenvalue weighted by Crippen LogP contribution is -2.20. The highest BCUT2D eigenvalue weighted by atomic mass is 35.5. The fourth-order valence-electron chi connectivity index (χ4n) is 2.42. The smallest absolute Gasteiger partial charge is 0.108 e. The summed E-state index contributed by atoms with van der Waals surface area (Å²) in [6, 6.07) is 19.3. The van der Waals surface area contributed by atoms with Crippen molar-refractivity contribution >= 4 is 12.4 Å². The van der Waals surface area contributed by atoms with Crippen molar-refractivity contribution in [2.75, 3.05) is 27.2 Å². The van der Waals surface area contributed by atoms with Gasteiger partial charge in [-0.15, -0.1) is 12.4 Å². The van der Waals surface area contributed by atoms with Gasteiger partial charge in [0.1, 0.15) is 6.10 Å². The Hall–Kier alpha value is -1.35. The van der Waals surface area contributed by atoms with Gasteiger partial charge < -0.3 is 9.64 Å². The molecule has 2 nitrogen and oxygen atoms in total. The third-order valence-electron chi connectivity index (χ3n) is 3.83. The van der Waals surface area contributed by atoms with Crippen LogP contribution in [0.15, 0.2) is 54.6 Å². The molecule has 0 aliphatic carbocycles. The van der Waals surface area contributed by atoms with Crippen molar-refractivity contribution in [3.05, 3.63) is 71.3 Å². The summed E-state index contributed by atoms with van der Waals surface area (Å²) in [5.41, 5.74) is 3.79. The number of likely N-dealkylation sites (N-methyl/N-ethyl adjacent to an activating group) is 1. The SMILES string of the molecule is CC(C)c1ccc(C(OCCN(C)C)c2ccccc2)cc1.Cl. The van der Waals surface area contributed by atoms with Gasteiger partial charge in [0.2, 0.25) is 0 Å². The molecule has 0 bridgehead atoms. The van der Waals surface area contributed by atoms with Gasteiger partial charge in [0.15, 0.2) is 0 Å². The zero-order valence-electron chi connectivity index (χ0n) is 14.5. The first-order valence-corrected chi connectivity index (χ1v) is 7.99.